The van der Waals surface area contributed by atoms with E-state index in [1.165, 1.54) is 32.1 Å². The number of piperidine rings is 1. The molecule has 1 N–H and O–H groups in total. The topological polar surface area (TPSA) is 75.8 Å². The van der Waals surface area contributed by atoms with Crippen LogP contribution in [0.4, 0.5) is 0 Å². The highest BCUT2D eigenvalue weighted by Crippen LogP contribution is 2.35. The molecule has 25 heavy (non-hydrogen) atoms. The van der Waals surface area contributed by atoms with Crippen LogP contribution in [0.1, 0.15) is 68.7 Å². The van der Waals surface area contributed by atoms with E-state index < -0.39 is 11.4 Å². The fraction of sp³-hybridized carbons (Fsp3) is 0.789. The molecule has 0 bridgehead atoms. The second-order valence-corrected chi connectivity index (χ2v) is 7.70. The van der Waals surface area contributed by atoms with Gasteiger partial charge in [0.15, 0.2) is 5.76 Å². The third-order valence-corrected chi connectivity index (χ3v) is 5.87. The van der Waals surface area contributed by atoms with Crippen LogP contribution in [0.3, 0.4) is 0 Å². The summed E-state index contributed by atoms with van der Waals surface area (Å²) in [5, 5.41) is 14.0. The Hall–Kier alpha value is -1.40. The lowest BCUT2D eigenvalue weighted by molar-refractivity contribution is -0.154. The summed E-state index contributed by atoms with van der Waals surface area (Å²) in [7, 11) is 1.62. The van der Waals surface area contributed by atoms with Gasteiger partial charge >= 0.3 is 5.97 Å². The zero-order chi connectivity index (χ0) is 17.7. The van der Waals surface area contributed by atoms with Gasteiger partial charge in [-0.05, 0) is 38.6 Å². The smallest absolute Gasteiger partial charge is 0.311 e. The quantitative estimate of drug-likeness (QED) is 0.812. The van der Waals surface area contributed by atoms with Crippen molar-refractivity contribution >= 4 is 5.97 Å². The van der Waals surface area contributed by atoms with Gasteiger partial charge in [0.05, 0.1) is 17.7 Å². The molecule has 1 unspecified atom stereocenters. The Balaban J connectivity index is 1.62. The van der Waals surface area contributed by atoms with Crippen molar-refractivity contribution in [2.75, 3.05) is 26.8 Å². The van der Waals surface area contributed by atoms with Gasteiger partial charge in [-0.15, -0.1) is 0 Å². The molecule has 1 aliphatic heterocycles. The summed E-state index contributed by atoms with van der Waals surface area (Å²) in [6.45, 7) is 2.57. The molecule has 1 saturated carbocycles. The van der Waals surface area contributed by atoms with Gasteiger partial charge in [-0.25, -0.2) is 0 Å². The number of ether oxygens (including phenoxy) is 1. The third kappa shape index (κ3) is 4.42. The van der Waals surface area contributed by atoms with Crippen LogP contribution in [0.2, 0.25) is 0 Å². The molecule has 3 rings (SSSR count). The lowest BCUT2D eigenvalue weighted by Crippen LogP contribution is -2.48. The molecule has 1 aliphatic carbocycles. The van der Waals surface area contributed by atoms with Crippen LogP contribution >= 0.6 is 0 Å². The summed E-state index contributed by atoms with van der Waals surface area (Å²) in [6.07, 6.45) is 8.45. The number of aliphatic carboxylic acids is 1. The van der Waals surface area contributed by atoms with Gasteiger partial charge in [-0.2, -0.15) is 0 Å². The summed E-state index contributed by atoms with van der Waals surface area (Å²) >= 11 is 0. The number of rotatable bonds is 7. The average molecular weight is 350 g/mol. The van der Waals surface area contributed by atoms with Gasteiger partial charge in [0.25, 0.3) is 0 Å². The second-order valence-electron chi connectivity index (χ2n) is 7.70. The maximum Gasteiger partial charge on any atom is 0.311 e. The Labute approximate surface area is 149 Å². The molecule has 0 amide bonds. The Kier molecular flexibility index (Phi) is 6.12. The molecule has 2 aliphatic rings. The van der Waals surface area contributed by atoms with E-state index in [0.717, 1.165) is 24.4 Å². The number of carboxylic acid groups (broad SMARTS) is 1. The SMILES string of the molecule is COCCC1(C(=O)O)CCCN(Cc2cc(C3CCCCC3)no2)C1. The average Bonchev–Trinajstić information content (AvgIpc) is 3.09. The van der Waals surface area contributed by atoms with E-state index in [-0.39, 0.29) is 0 Å². The Morgan fingerprint density at radius 1 is 1.40 bits per heavy atom. The maximum absolute atomic E-state index is 11.9. The zero-order valence-corrected chi connectivity index (χ0v) is 15.2. The van der Waals surface area contributed by atoms with Crippen LogP contribution in [-0.2, 0) is 16.1 Å². The van der Waals surface area contributed by atoms with Crippen molar-refractivity contribution in [3.8, 4) is 0 Å². The number of methoxy groups -OCH3 is 1. The van der Waals surface area contributed by atoms with Gasteiger partial charge in [-0.3, -0.25) is 9.69 Å². The zero-order valence-electron chi connectivity index (χ0n) is 15.2. The van der Waals surface area contributed by atoms with E-state index in [1.54, 1.807) is 7.11 Å². The van der Waals surface area contributed by atoms with Crippen LogP contribution in [0, 0.1) is 5.41 Å². The van der Waals surface area contributed by atoms with Crippen molar-refractivity contribution in [3.63, 3.8) is 0 Å². The molecule has 0 spiro atoms. The van der Waals surface area contributed by atoms with Gasteiger partial charge in [0.1, 0.15) is 0 Å². The van der Waals surface area contributed by atoms with Crippen LogP contribution in [0.15, 0.2) is 10.6 Å². The van der Waals surface area contributed by atoms with Crippen molar-refractivity contribution in [2.45, 2.75) is 63.8 Å². The lowest BCUT2D eigenvalue weighted by atomic mass is 9.77. The Bertz CT molecular complexity index is 568. The maximum atomic E-state index is 11.9. The van der Waals surface area contributed by atoms with Crippen molar-refractivity contribution in [2.24, 2.45) is 5.41 Å². The van der Waals surface area contributed by atoms with Crippen LogP contribution in [0.25, 0.3) is 0 Å². The summed E-state index contributed by atoms with van der Waals surface area (Å²) in [5.74, 6) is 0.677. The first kappa shape index (κ1) is 18.4. The number of carboxylic acids is 1. The minimum atomic E-state index is -0.713. The predicted molar refractivity (Wildman–Crippen MR) is 93.4 cm³/mol. The number of hydrogen-bond acceptors (Lipinski definition) is 5. The number of nitrogens with zero attached hydrogens (tertiary/aromatic N) is 2. The molecule has 6 heteroatoms. The van der Waals surface area contributed by atoms with Gasteiger partial charge in [0.2, 0.25) is 0 Å². The minimum absolute atomic E-state index is 0.480. The van der Waals surface area contributed by atoms with Crippen molar-refractivity contribution in [1.82, 2.24) is 10.1 Å². The first-order valence-corrected chi connectivity index (χ1v) is 9.53. The summed E-state index contributed by atoms with van der Waals surface area (Å²) in [4.78, 5) is 14.1. The summed E-state index contributed by atoms with van der Waals surface area (Å²) < 4.78 is 10.7. The number of likely N-dealkylation sites (tertiary alicyclic amines) is 1. The van der Waals surface area contributed by atoms with Crippen molar-refractivity contribution < 1.29 is 19.2 Å². The van der Waals surface area contributed by atoms with Gasteiger partial charge in [-0.1, -0.05) is 24.4 Å². The molecular weight excluding hydrogens is 320 g/mol. The molecule has 6 nitrogen and oxygen atoms in total. The molecule has 2 heterocycles. The fourth-order valence-corrected chi connectivity index (χ4v) is 4.36. The monoisotopic (exact) mass is 350 g/mol. The van der Waals surface area contributed by atoms with E-state index in [4.69, 9.17) is 9.26 Å². The first-order chi connectivity index (χ1) is 12.1. The third-order valence-electron chi connectivity index (χ3n) is 5.87. The van der Waals surface area contributed by atoms with E-state index >= 15 is 0 Å². The van der Waals surface area contributed by atoms with Crippen LogP contribution in [0.5, 0.6) is 0 Å². The highest BCUT2D eigenvalue weighted by molar-refractivity contribution is 5.75. The second kappa shape index (κ2) is 8.32. The normalized spacial score (nSPS) is 26.0. The van der Waals surface area contributed by atoms with Gasteiger partial charge < -0.3 is 14.4 Å². The van der Waals surface area contributed by atoms with E-state index in [1.807, 2.05) is 0 Å². The standard InChI is InChI=1S/C19H30N2O4/c1-24-11-9-19(18(22)23)8-5-10-21(14-19)13-16-12-17(20-25-16)15-6-3-2-4-7-15/h12,15H,2-11,13-14H2,1H3,(H,22,23). The van der Waals surface area contributed by atoms with E-state index in [2.05, 4.69) is 16.1 Å². The summed E-state index contributed by atoms with van der Waals surface area (Å²) in [5.41, 5.74) is 0.371. The van der Waals surface area contributed by atoms with Crippen molar-refractivity contribution in [1.29, 1.82) is 0 Å². The number of hydrogen-bond donors (Lipinski definition) is 1. The van der Waals surface area contributed by atoms with Crippen molar-refractivity contribution in [3.05, 3.63) is 17.5 Å². The Morgan fingerprint density at radius 3 is 2.92 bits per heavy atom. The molecular formula is C19H30N2O4. The van der Waals surface area contributed by atoms with Crippen LogP contribution < -0.4 is 0 Å². The largest absolute Gasteiger partial charge is 0.481 e. The van der Waals surface area contributed by atoms with Gasteiger partial charge in [0, 0.05) is 32.2 Å². The highest BCUT2D eigenvalue weighted by atomic mass is 16.5. The first-order valence-electron chi connectivity index (χ1n) is 9.53. The molecule has 1 atom stereocenters. The molecule has 1 saturated heterocycles. The Morgan fingerprint density at radius 2 is 2.20 bits per heavy atom. The lowest BCUT2D eigenvalue weighted by Gasteiger charge is -2.39. The van der Waals surface area contributed by atoms with E-state index in [0.29, 0.717) is 38.5 Å². The summed E-state index contributed by atoms with van der Waals surface area (Å²) in [6, 6.07) is 2.09. The number of carbonyl (C=O) groups is 1. The van der Waals surface area contributed by atoms with Crippen LogP contribution in [-0.4, -0.2) is 47.9 Å². The molecule has 0 radical (unpaired) electrons. The molecule has 1 aromatic heterocycles. The predicted octanol–water partition coefficient (Wildman–Crippen LogP) is 3.43. The molecule has 0 aromatic carbocycles. The van der Waals surface area contributed by atoms with E-state index in [9.17, 15) is 9.90 Å². The fourth-order valence-electron chi connectivity index (χ4n) is 4.36. The minimum Gasteiger partial charge on any atom is -0.481 e. The molecule has 2 fully saturated rings. The number of aromatic nitrogens is 1. The highest BCUT2D eigenvalue weighted by Gasteiger charge is 2.42. The molecule has 140 valence electrons. The molecule has 1 aromatic rings.